The lowest BCUT2D eigenvalue weighted by Gasteiger charge is -2.11. The van der Waals surface area contributed by atoms with Crippen molar-refractivity contribution in [3.05, 3.63) is 53.1 Å². The van der Waals surface area contributed by atoms with Crippen LogP contribution in [0.25, 0.3) is 0 Å². The Morgan fingerprint density at radius 2 is 1.81 bits per heavy atom. The molecule has 4 nitrogen and oxygen atoms in total. The maximum Gasteiger partial charge on any atom is 0.161 e. The maximum absolute atomic E-state index is 8.93. The Bertz CT molecular complexity index is 675. The summed E-state index contributed by atoms with van der Waals surface area (Å²) in [7, 11) is 3.24. The van der Waals surface area contributed by atoms with E-state index in [1.54, 1.807) is 14.2 Å². The molecule has 4 heteroatoms. The highest BCUT2D eigenvalue weighted by atomic mass is 16.5. The molecule has 0 bridgehead atoms. The number of nitrogens with zero attached hydrogens (tertiary/aromatic N) is 1. The van der Waals surface area contributed by atoms with Gasteiger partial charge in [0.2, 0.25) is 0 Å². The van der Waals surface area contributed by atoms with Crippen molar-refractivity contribution in [1.29, 1.82) is 5.26 Å². The molecule has 2 rings (SSSR count). The van der Waals surface area contributed by atoms with E-state index in [0.717, 1.165) is 22.6 Å². The van der Waals surface area contributed by atoms with E-state index in [0.29, 0.717) is 17.9 Å². The summed E-state index contributed by atoms with van der Waals surface area (Å²) in [5.74, 6) is 1.43. The van der Waals surface area contributed by atoms with Gasteiger partial charge in [-0.25, -0.2) is 0 Å². The van der Waals surface area contributed by atoms with Crippen LogP contribution >= 0.6 is 0 Å². The van der Waals surface area contributed by atoms with Crippen LogP contribution in [0.2, 0.25) is 0 Å². The third-order valence-electron chi connectivity index (χ3n) is 3.29. The number of nitrogens with one attached hydrogen (secondary N) is 1. The molecule has 108 valence electrons. The van der Waals surface area contributed by atoms with Crippen molar-refractivity contribution in [1.82, 2.24) is 0 Å². The molecule has 0 radical (unpaired) electrons. The second-order valence-electron chi connectivity index (χ2n) is 4.68. The zero-order valence-electron chi connectivity index (χ0n) is 12.4. The van der Waals surface area contributed by atoms with Crippen molar-refractivity contribution in [3.8, 4) is 17.6 Å². The largest absolute Gasteiger partial charge is 0.493 e. The smallest absolute Gasteiger partial charge is 0.161 e. The Balaban J connectivity index is 2.09. The number of methoxy groups -OCH3 is 2. The van der Waals surface area contributed by atoms with E-state index in [-0.39, 0.29) is 0 Å². The van der Waals surface area contributed by atoms with Gasteiger partial charge in [0.05, 0.1) is 25.9 Å². The van der Waals surface area contributed by atoms with Crippen LogP contribution in [0.5, 0.6) is 11.5 Å². The molecule has 0 aliphatic carbocycles. The number of rotatable bonds is 5. The van der Waals surface area contributed by atoms with Crippen LogP contribution in [0.15, 0.2) is 36.4 Å². The fourth-order valence-corrected chi connectivity index (χ4v) is 2.09. The first-order chi connectivity index (χ1) is 10.2. The number of hydrogen-bond acceptors (Lipinski definition) is 4. The van der Waals surface area contributed by atoms with Crippen molar-refractivity contribution in [2.75, 3.05) is 19.5 Å². The van der Waals surface area contributed by atoms with Gasteiger partial charge in [-0.2, -0.15) is 5.26 Å². The molecular weight excluding hydrogens is 264 g/mol. The molecule has 2 aromatic rings. The summed E-state index contributed by atoms with van der Waals surface area (Å²) in [5.41, 5.74) is 3.75. The Morgan fingerprint density at radius 3 is 2.43 bits per heavy atom. The maximum atomic E-state index is 8.93. The van der Waals surface area contributed by atoms with E-state index in [1.165, 1.54) is 0 Å². The number of aryl methyl sites for hydroxylation is 1. The van der Waals surface area contributed by atoms with Gasteiger partial charge in [0.1, 0.15) is 0 Å². The SMILES string of the molecule is COc1ccc(CNc2ccc(C#N)c(C)c2)cc1OC. The quantitative estimate of drug-likeness (QED) is 0.912. The zero-order valence-corrected chi connectivity index (χ0v) is 12.4. The molecular formula is C17H18N2O2. The summed E-state index contributed by atoms with van der Waals surface area (Å²) >= 11 is 0. The van der Waals surface area contributed by atoms with Gasteiger partial charge in [-0.05, 0) is 48.4 Å². The standard InChI is InChI=1S/C17H18N2O2/c1-12-8-15(6-5-14(12)10-18)19-11-13-4-7-16(20-2)17(9-13)21-3/h4-9,19H,11H2,1-3H3. The molecule has 0 amide bonds. The second-order valence-corrected chi connectivity index (χ2v) is 4.68. The normalized spacial score (nSPS) is 9.81. The summed E-state index contributed by atoms with van der Waals surface area (Å²) in [6.07, 6.45) is 0. The molecule has 0 aromatic heterocycles. The van der Waals surface area contributed by atoms with E-state index in [9.17, 15) is 0 Å². The highest BCUT2D eigenvalue weighted by molar-refractivity contribution is 5.52. The van der Waals surface area contributed by atoms with Gasteiger partial charge in [0, 0.05) is 12.2 Å². The molecule has 0 aliphatic rings. The fourth-order valence-electron chi connectivity index (χ4n) is 2.09. The van der Waals surface area contributed by atoms with Crippen LogP contribution in [0.1, 0.15) is 16.7 Å². The number of ether oxygens (including phenoxy) is 2. The Morgan fingerprint density at radius 1 is 1.05 bits per heavy atom. The molecule has 0 aliphatic heterocycles. The lowest BCUT2D eigenvalue weighted by Crippen LogP contribution is -2.01. The topological polar surface area (TPSA) is 54.3 Å². The summed E-state index contributed by atoms with van der Waals surface area (Å²) in [4.78, 5) is 0. The van der Waals surface area contributed by atoms with E-state index >= 15 is 0 Å². The van der Waals surface area contributed by atoms with Crippen LogP contribution in [0, 0.1) is 18.3 Å². The van der Waals surface area contributed by atoms with Gasteiger partial charge in [-0.1, -0.05) is 6.07 Å². The van der Waals surface area contributed by atoms with Crippen LogP contribution in [-0.4, -0.2) is 14.2 Å². The van der Waals surface area contributed by atoms with Gasteiger partial charge in [-0.3, -0.25) is 0 Å². The molecule has 0 saturated heterocycles. The molecule has 1 N–H and O–H groups in total. The second kappa shape index (κ2) is 6.67. The zero-order chi connectivity index (χ0) is 15.2. The predicted molar refractivity (Wildman–Crippen MR) is 82.8 cm³/mol. The highest BCUT2D eigenvalue weighted by Crippen LogP contribution is 2.27. The Labute approximate surface area is 124 Å². The van der Waals surface area contributed by atoms with Crippen LogP contribution < -0.4 is 14.8 Å². The minimum Gasteiger partial charge on any atom is -0.493 e. The van der Waals surface area contributed by atoms with Crippen LogP contribution in [0.3, 0.4) is 0 Å². The summed E-state index contributed by atoms with van der Waals surface area (Å²) in [6.45, 7) is 2.60. The number of anilines is 1. The molecule has 21 heavy (non-hydrogen) atoms. The van der Waals surface area contributed by atoms with Gasteiger partial charge in [0.15, 0.2) is 11.5 Å². The minimum atomic E-state index is 0.672. The monoisotopic (exact) mass is 282 g/mol. The Hall–Kier alpha value is -2.67. The predicted octanol–water partition coefficient (Wildman–Crippen LogP) is 3.50. The number of benzene rings is 2. The minimum absolute atomic E-state index is 0.672. The van der Waals surface area contributed by atoms with Crippen LogP contribution in [-0.2, 0) is 6.54 Å². The van der Waals surface area contributed by atoms with Crippen molar-refractivity contribution in [3.63, 3.8) is 0 Å². The molecule has 0 spiro atoms. The van der Waals surface area contributed by atoms with Gasteiger partial charge >= 0.3 is 0 Å². The molecule has 0 atom stereocenters. The van der Waals surface area contributed by atoms with Crippen molar-refractivity contribution in [2.24, 2.45) is 0 Å². The average Bonchev–Trinajstić information content (AvgIpc) is 2.52. The lowest BCUT2D eigenvalue weighted by atomic mass is 10.1. The number of hydrogen-bond donors (Lipinski definition) is 1. The lowest BCUT2D eigenvalue weighted by molar-refractivity contribution is 0.354. The first-order valence-corrected chi connectivity index (χ1v) is 6.63. The molecule has 0 heterocycles. The molecule has 0 fully saturated rings. The third-order valence-corrected chi connectivity index (χ3v) is 3.29. The first-order valence-electron chi connectivity index (χ1n) is 6.63. The van der Waals surface area contributed by atoms with E-state index in [4.69, 9.17) is 14.7 Å². The van der Waals surface area contributed by atoms with Gasteiger partial charge in [-0.15, -0.1) is 0 Å². The first kappa shape index (κ1) is 14.7. The summed E-state index contributed by atoms with van der Waals surface area (Å²) in [6, 6.07) is 13.7. The Kier molecular flexibility index (Phi) is 4.68. The molecule has 0 saturated carbocycles. The third kappa shape index (κ3) is 3.46. The summed E-state index contributed by atoms with van der Waals surface area (Å²) in [5, 5.41) is 12.3. The molecule has 0 unspecified atom stereocenters. The van der Waals surface area contributed by atoms with Crippen LogP contribution in [0.4, 0.5) is 5.69 Å². The average molecular weight is 282 g/mol. The van der Waals surface area contributed by atoms with E-state index in [2.05, 4.69) is 11.4 Å². The molecule has 2 aromatic carbocycles. The van der Waals surface area contributed by atoms with E-state index < -0.39 is 0 Å². The van der Waals surface area contributed by atoms with Crippen molar-refractivity contribution in [2.45, 2.75) is 13.5 Å². The highest BCUT2D eigenvalue weighted by Gasteiger charge is 2.05. The van der Waals surface area contributed by atoms with Gasteiger partial charge < -0.3 is 14.8 Å². The van der Waals surface area contributed by atoms with E-state index in [1.807, 2.05) is 43.3 Å². The van der Waals surface area contributed by atoms with Crippen molar-refractivity contribution >= 4 is 5.69 Å². The fraction of sp³-hybridized carbons (Fsp3) is 0.235. The number of nitriles is 1. The van der Waals surface area contributed by atoms with Gasteiger partial charge in [0.25, 0.3) is 0 Å². The summed E-state index contributed by atoms with van der Waals surface area (Å²) < 4.78 is 10.5. The van der Waals surface area contributed by atoms with Crippen molar-refractivity contribution < 1.29 is 9.47 Å².